The van der Waals surface area contributed by atoms with E-state index in [4.69, 9.17) is 16.7 Å². The van der Waals surface area contributed by atoms with E-state index in [1.165, 1.54) is 6.20 Å². The molecule has 33 heavy (non-hydrogen) atoms. The minimum Gasteiger partial charge on any atom is -0.378 e. The predicted octanol–water partition coefficient (Wildman–Crippen LogP) is 2.46. The van der Waals surface area contributed by atoms with Gasteiger partial charge in [-0.15, -0.1) is 6.42 Å². The van der Waals surface area contributed by atoms with Gasteiger partial charge in [-0.1, -0.05) is 18.0 Å². The first-order valence-electron chi connectivity index (χ1n) is 11.1. The van der Waals surface area contributed by atoms with E-state index in [1.807, 2.05) is 24.1 Å². The number of hydrogen-bond acceptors (Lipinski definition) is 6. The van der Waals surface area contributed by atoms with E-state index < -0.39 is 11.3 Å². The summed E-state index contributed by atoms with van der Waals surface area (Å²) in [6, 6.07) is 3.56. The highest BCUT2D eigenvalue weighted by Gasteiger charge is 2.52. The number of aryl methyl sites for hydroxylation is 1. The number of hydrogen-bond donors (Lipinski definition) is 2. The van der Waals surface area contributed by atoms with E-state index in [0.29, 0.717) is 29.9 Å². The maximum Gasteiger partial charge on any atom is 0.250 e. The number of rotatable bonds is 6. The Hall–Kier alpha value is -3.80. The smallest absolute Gasteiger partial charge is 0.250 e. The van der Waals surface area contributed by atoms with Crippen molar-refractivity contribution in [2.45, 2.75) is 39.2 Å². The van der Waals surface area contributed by atoms with Crippen LogP contribution in [0.3, 0.4) is 0 Å². The van der Waals surface area contributed by atoms with Crippen LogP contribution in [0.4, 0.5) is 5.69 Å². The zero-order valence-corrected chi connectivity index (χ0v) is 18.7. The Labute approximate surface area is 191 Å². The first kappa shape index (κ1) is 21.1. The number of nitrogens with one attached hydrogen (secondary N) is 1. The number of likely N-dealkylation sites (tertiary alicyclic amines) is 1. The summed E-state index contributed by atoms with van der Waals surface area (Å²) < 4.78 is 7.21. The minimum atomic E-state index is -0.612. The van der Waals surface area contributed by atoms with Gasteiger partial charge >= 0.3 is 0 Å². The third kappa shape index (κ3) is 3.52. The van der Waals surface area contributed by atoms with Gasteiger partial charge in [0.15, 0.2) is 5.76 Å². The van der Waals surface area contributed by atoms with Crippen LogP contribution in [0.5, 0.6) is 0 Å². The number of nitrogens with zero attached hydrogens (tertiary/aromatic N) is 4. The van der Waals surface area contributed by atoms with Gasteiger partial charge in [0.25, 0.3) is 0 Å². The third-order valence-corrected chi connectivity index (χ3v) is 6.83. The van der Waals surface area contributed by atoms with Gasteiger partial charge in [-0.05, 0) is 38.2 Å². The molecule has 0 bridgehead atoms. The number of carbonyl (C=O) groups is 2. The summed E-state index contributed by atoms with van der Waals surface area (Å²) in [6.07, 6.45) is 11.3. The fourth-order valence-electron chi connectivity index (χ4n) is 4.66. The molecule has 2 amide bonds. The van der Waals surface area contributed by atoms with E-state index in [0.717, 1.165) is 36.2 Å². The van der Waals surface area contributed by atoms with Crippen molar-refractivity contribution >= 4 is 23.0 Å². The molecule has 3 N–H and O–H groups in total. The van der Waals surface area contributed by atoms with E-state index in [9.17, 15) is 9.59 Å². The summed E-state index contributed by atoms with van der Waals surface area (Å²) in [5.41, 5.74) is 8.17. The van der Waals surface area contributed by atoms with Crippen molar-refractivity contribution in [3.63, 3.8) is 0 Å². The van der Waals surface area contributed by atoms with Gasteiger partial charge in [0, 0.05) is 31.4 Å². The number of primary amides is 1. The normalized spacial score (nSPS) is 21.2. The highest BCUT2D eigenvalue weighted by Crippen LogP contribution is 2.47. The molecule has 4 heterocycles. The summed E-state index contributed by atoms with van der Waals surface area (Å²) >= 11 is 0. The molecule has 0 radical (unpaired) electrons. The van der Waals surface area contributed by atoms with E-state index in [2.05, 4.69) is 28.4 Å². The van der Waals surface area contributed by atoms with Crippen molar-refractivity contribution in [3.8, 4) is 23.7 Å². The number of anilines is 1. The van der Waals surface area contributed by atoms with Crippen LogP contribution in [0, 0.1) is 30.6 Å². The SMILES string of the molecule is C#CC1(C(=O)N2C[C@@H](CC)[C@@H](Nc3c(-c4cc(C)no4)cn4ncc(C(N)=O)cc34)C2)CC1. The second kappa shape index (κ2) is 7.66. The Bertz CT molecular complexity index is 1300. The van der Waals surface area contributed by atoms with Gasteiger partial charge < -0.3 is 20.5 Å². The Morgan fingerprint density at radius 2 is 2.15 bits per heavy atom. The van der Waals surface area contributed by atoms with Crippen LogP contribution < -0.4 is 11.1 Å². The number of carbonyl (C=O) groups excluding carboxylic acids is 2. The van der Waals surface area contributed by atoms with Gasteiger partial charge in [-0.25, -0.2) is 4.52 Å². The molecule has 0 aromatic carbocycles. The standard InChI is InChI=1S/C24H26N6O3/c1-4-15-11-29(23(32)24(5-2)6-7-24)13-18(15)27-21-17(20-8-14(3)28-33-20)12-30-19(21)9-16(10-26-30)22(25)31/h2,8-10,12,15,18,27H,4,6-7,11,13H2,1,3H3,(H2,25,31)/t15-,18+/m1/s1. The fraction of sp³-hybridized carbons (Fsp3) is 0.417. The number of nitrogens with two attached hydrogens (primary N) is 1. The number of amides is 2. The second-order valence-corrected chi connectivity index (χ2v) is 9.04. The topological polar surface area (TPSA) is 119 Å². The average molecular weight is 447 g/mol. The maximum atomic E-state index is 13.1. The third-order valence-electron chi connectivity index (χ3n) is 6.83. The van der Waals surface area contributed by atoms with Gasteiger partial charge in [-0.2, -0.15) is 5.10 Å². The summed E-state index contributed by atoms with van der Waals surface area (Å²) in [7, 11) is 0. The van der Waals surface area contributed by atoms with E-state index >= 15 is 0 Å². The van der Waals surface area contributed by atoms with Gasteiger partial charge in [0.1, 0.15) is 5.41 Å². The van der Waals surface area contributed by atoms with Crippen LogP contribution in [0.1, 0.15) is 42.2 Å². The average Bonchev–Trinajstić information content (AvgIpc) is 3.12. The molecule has 1 saturated heterocycles. The first-order valence-corrected chi connectivity index (χ1v) is 11.1. The van der Waals surface area contributed by atoms with Crippen LogP contribution in [0.25, 0.3) is 16.8 Å². The molecule has 3 aromatic rings. The van der Waals surface area contributed by atoms with Crippen molar-refractivity contribution in [1.82, 2.24) is 19.7 Å². The molecular weight excluding hydrogens is 420 g/mol. The predicted molar refractivity (Wildman–Crippen MR) is 122 cm³/mol. The summed E-state index contributed by atoms with van der Waals surface area (Å²) in [5, 5.41) is 12.0. The van der Waals surface area contributed by atoms with Crippen molar-refractivity contribution in [1.29, 1.82) is 0 Å². The zero-order chi connectivity index (χ0) is 23.3. The van der Waals surface area contributed by atoms with Gasteiger partial charge in [0.2, 0.25) is 11.8 Å². The molecule has 9 heteroatoms. The van der Waals surface area contributed by atoms with Gasteiger partial charge in [-0.3, -0.25) is 9.59 Å². The molecule has 2 aliphatic rings. The Balaban J connectivity index is 1.53. The van der Waals surface area contributed by atoms with E-state index in [1.54, 1.807) is 10.6 Å². The molecule has 2 fully saturated rings. The first-order chi connectivity index (χ1) is 15.8. The fourth-order valence-corrected chi connectivity index (χ4v) is 4.66. The molecule has 3 aromatic heterocycles. The van der Waals surface area contributed by atoms with E-state index in [-0.39, 0.29) is 17.9 Å². The van der Waals surface area contributed by atoms with Crippen molar-refractivity contribution in [2.24, 2.45) is 17.1 Å². The van der Waals surface area contributed by atoms with Crippen molar-refractivity contribution in [2.75, 3.05) is 18.4 Å². The van der Waals surface area contributed by atoms with Crippen molar-refractivity contribution < 1.29 is 14.1 Å². The highest BCUT2D eigenvalue weighted by molar-refractivity contribution is 5.97. The quantitative estimate of drug-likeness (QED) is 0.562. The molecule has 0 spiro atoms. The van der Waals surface area contributed by atoms with Gasteiger partial charge in [0.05, 0.1) is 34.2 Å². The van der Waals surface area contributed by atoms with Crippen LogP contribution >= 0.6 is 0 Å². The summed E-state index contributed by atoms with van der Waals surface area (Å²) in [4.78, 5) is 26.7. The molecular formula is C24H26N6O3. The zero-order valence-electron chi connectivity index (χ0n) is 18.7. The van der Waals surface area contributed by atoms with Crippen LogP contribution in [0.2, 0.25) is 0 Å². The minimum absolute atomic E-state index is 0.00118. The van der Waals surface area contributed by atoms with Crippen LogP contribution in [-0.4, -0.2) is 50.6 Å². The molecule has 5 rings (SSSR count). The lowest BCUT2D eigenvalue weighted by Gasteiger charge is -2.21. The van der Waals surface area contributed by atoms with Crippen LogP contribution in [0.15, 0.2) is 29.0 Å². The molecule has 1 saturated carbocycles. The lowest BCUT2D eigenvalue weighted by atomic mass is 10.00. The number of aromatic nitrogens is 3. The molecule has 2 atom stereocenters. The monoisotopic (exact) mass is 446 g/mol. The molecule has 9 nitrogen and oxygen atoms in total. The molecule has 1 aliphatic heterocycles. The Morgan fingerprint density at radius 1 is 1.36 bits per heavy atom. The second-order valence-electron chi connectivity index (χ2n) is 9.04. The lowest BCUT2D eigenvalue weighted by Crippen LogP contribution is -2.36. The number of terminal acetylenes is 1. The molecule has 170 valence electrons. The largest absolute Gasteiger partial charge is 0.378 e. The molecule has 0 unspecified atom stereocenters. The van der Waals surface area contributed by atoms with Crippen molar-refractivity contribution in [3.05, 3.63) is 35.8 Å². The highest BCUT2D eigenvalue weighted by atomic mass is 16.5. The summed E-state index contributed by atoms with van der Waals surface area (Å²) in [6.45, 7) is 5.18. The number of fused-ring (bicyclic) bond motifs is 1. The Kier molecular flexibility index (Phi) is 4.89. The maximum absolute atomic E-state index is 13.1. The summed E-state index contributed by atoms with van der Waals surface area (Å²) in [5.74, 6) is 3.04. The Morgan fingerprint density at radius 3 is 2.76 bits per heavy atom. The van der Waals surface area contributed by atoms with Crippen LogP contribution in [-0.2, 0) is 4.79 Å². The molecule has 1 aliphatic carbocycles. The lowest BCUT2D eigenvalue weighted by molar-refractivity contribution is -0.133.